The second kappa shape index (κ2) is 6.53. The summed E-state index contributed by atoms with van der Waals surface area (Å²) >= 11 is 0. The van der Waals surface area contributed by atoms with E-state index in [-0.39, 0.29) is 10.3 Å². The fraction of sp³-hybridized carbons (Fsp3) is 0.474. The minimum Gasteiger partial charge on any atom is -0.347 e. The van der Waals surface area contributed by atoms with Crippen molar-refractivity contribution >= 4 is 16.0 Å². The first-order chi connectivity index (χ1) is 12.8. The van der Waals surface area contributed by atoms with E-state index in [1.165, 1.54) is 22.5 Å². The van der Waals surface area contributed by atoms with E-state index in [1.807, 2.05) is 25.2 Å². The number of halogens is 1. The summed E-state index contributed by atoms with van der Waals surface area (Å²) in [6.07, 6.45) is 5.25. The van der Waals surface area contributed by atoms with Gasteiger partial charge < -0.3 is 4.90 Å². The largest absolute Gasteiger partial charge is 0.347 e. The molecule has 6 nitrogen and oxygen atoms in total. The molecule has 2 heterocycles. The molecule has 4 rings (SSSR count). The first-order valence-electron chi connectivity index (χ1n) is 9.11. The molecule has 0 bridgehead atoms. The smallest absolute Gasteiger partial charge is 0.243 e. The molecule has 144 valence electrons. The second-order valence-electron chi connectivity index (χ2n) is 7.62. The van der Waals surface area contributed by atoms with Crippen molar-refractivity contribution in [3.8, 4) is 0 Å². The Morgan fingerprint density at radius 3 is 2.81 bits per heavy atom. The van der Waals surface area contributed by atoms with Gasteiger partial charge in [0.25, 0.3) is 0 Å². The van der Waals surface area contributed by atoms with E-state index in [4.69, 9.17) is 4.98 Å². The summed E-state index contributed by atoms with van der Waals surface area (Å²) in [6.45, 7) is 0.824. The Hall–Kier alpha value is -2.06. The van der Waals surface area contributed by atoms with Gasteiger partial charge in [-0.15, -0.1) is 0 Å². The fourth-order valence-corrected chi connectivity index (χ4v) is 5.81. The van der Waals surface area contributed by atoms with Gasteiger partial charge in [0.2, 0.25) is 16.0 Å². The molecule has 8 heteroatoms. The third kappa shape index (κ3) is 3.10. The zero-order valence-electron chi connectivity index (χ0n) is 15.5. The molecule has 1 aromatic carbocycles. The van der Waals surface area contributed by atoms with E-state index in [0.717, 1.165) is 43.0 Å². The Kier molecular flexibility index (Phi) is 4.43. The van der Waals surface area contributed by atoms with Crippen LogP contribution >= 0.6 is 0 Å². The zero-order chi connectivity index (χ0) is 19.2. The van der Waals surface area contributed by atoms with Crippen molar-refractivity contribution in [1.29, 1.82) is 0 Å². The van der Waals surface area contributed by atoms with Gasteiger partial charge in [0.15, 0.2) is 0 Å². The molecule has 1 saturated heterocycles. The molecule has 1 fully saturated rings. The van der Waals surface area contributed by atoms with Crippen molar-refractivity contribution < 1.29 is 12.8 Å². The topological polar surface area (TPSA) is 66.4 Å². The SMILES string of the molecule is CN(C)c1ncc2c(n1)C1(CCCN(S(=O)(=O)c3cccc(F)c3)C1)CC2. The van der Waals surface area contributed by atoms with Crippen LogP contribution in [0.25, 0.3) is 0 Å². The average molecular weight is 390 g/mol. The number of aromatic nitrogens is 2. The van der Waals surface area contributed by atoms with E-state index in [9.17, 15) is 12.8 Å². The van der Waals surface area contributed by atoms with E-state index in [1.54, 1.807) is 0 Å². The van der Waals surface area contributed by atoms with Crippen LogP contribution in [0.5, 0.6) is 0 Å². The molecule has 1 atom stereocenters. The first-order valence-corrected chi connectivity index (χ1v) is 10.6. The monoisotopic (exact) mass is 390 g/mol. The van der Waals surface area contributed by atoms with Crippen LogP contribution in [-0.4, -0.2) is 49.9 Å². The van der Waals surface area contributed by atoms with E-state index < -0.39 is 15.8 Å². The number of hydrogen-bond donors (Lipinski definition) is 0. The summed E-state index contributed by atoms with van der Waals surface area (Å²) < 4.78 is 41.2. The Labute approximate surface area is 159 Å². The molecule has 2 aliphatic rings. The number of sulfonamides is 1. The number of rotatable bonds is 3. The van der Waals surface area contributed by atoms with Gasteiger partial charge in [-0.05, 0) is 49.4 Å². The Morgan fingerprint density at radius 2 is 2.07 bits per heavy atom. The molecule has 0 amide bonds. The van der Waals surface area contributed by atoms with E-state index in [2.05, 4.69) is 4.98 Å². The first kappa shape index (κ1) is 18.3. The van der Waals surface area contributed by atoms with Crippen LogP contribution in [0.4, 0.5) is 10.3 Å². The Morgan fingerprint density at radius 1 is 1.26 bits per heavy atom. The lowest BCUT2D eigenvalue weighted by molar-refractivity contribution is 0.219. The van der Waals surface area contributed by atoms with Crippen LogP contribution in [0.3, 0.4) is 0 Å². The molecule has 0 saturated carbocycles. The van der Waals surface area contributed by atoms with Gasteiger partial charge >= 0.3 is 0 Å². The van der Waals surface area contributed by atoms with Crippen molar-refractivity contribution in [2.24, 2.45) is 0 Å². The summed E-state index contributed by atoms with van der Waals surface area (Å²) in [5.41, 5.74) is 1.78. The molecular formula is C19H23FN4O2S. The summed E-state index contributed by atoms with van der Waals surface area (Å²) in [7, 11) is 0.0501. The van der Waals surface area contributed by atoms with Crippen LogP contribution < -0.4 is 4.90 Å². The summed E-state index contributed by atoms with van der Waals surface area (Å²) in [5.74, 6) is 0.0949. The van der Waals surface area contributed by atoms with E-state index in [0.29, 0.717) is 19.0 Å². The normalized spacial score (nSPS) is 22.8. The quantitative estimate of drug-likeness (QED) is 0.805. The molecule has 1 aliphatic carbocycles. The van der Waals surface area contributed by atoms with Crippen LogP contribution in [0.2, 0.25) is 0 Å². The lowest BCUT2D eigenvalue weighted by Gasteiger charge is -2.39. The lowest BCUT2D eigenvalue weighted by atomic mass is 9.78. The van der Waals surface area contributed by atoms with Crippen molar-refractivity contribution in [2.75, 3.05) is 32.1 Å². The maximum atomic E-state index is 13.6. The number of benzene rings is 1. The Bertz CT molecular complexity index is 975. The van der Waals surface area contributed by atoms with Crippen molar-refractivity contribution in [1.82, 2.24) is 14.3 Å². The zero-order valence-corrected chi connectivity index (χ0v) is 16.3. The third-order valence-corrected chi connectivity index (χ3v) is 7.44. The predicted octanol–water partition coefficient (Wildman–Crippen LogP) is 2.35. The third-order valence-electron chi connectivity index (χ3n) is 5.60. The number of anilines is 1. The second-order valence-corrected chi connectivity index (χ2v) is 9.56. The molecule has 1 unspecified atom stereocenters. The standard InChI is InChI=1S/C19H23FN4O2S/c1-23(2)18-21-12-14-7-9-19(17(14)22-18)8-4-10-24(13-19)27(25,26)16-6-3-5-15(20)11-16/h3,5-6,11-12H,4,7-10,13H2,1-2H3. The number of fused-ring (bicyclic) bond motifs is 2. The minimum absolute atomic E-state index is 0.00874. The maximum Gasteiger partial charge on any atom is 0.243 e. The molecule has 2 aromatic rings. The highest BCUT2D eigenvalue weighted by Crippen LogP contribution is 2.45. The molecule has 1 aliphatic heterocycles. The van der Waals surface area contributed by atoms with E-state index >= 15 is 0 Å². The number of hydrogen-bond acceptors (Lipinski definition) is 5. The fourth-order valence-electron chi connectivity index (χ4n) is 4.22. The maximum absolute atomic E-state index is 13.6. The van der Waals surface area contributed by atoms with Crippen LogP contribution in [-0.2, 0) is 21.9 Å². The van der Waals surface area contributed by atoms with Crippen molar-refractivity contribution in [3.05, 3.63) is 47.5 Å². The van der Waals surface area contributed by atoms with Crippen molar-refractivity contribution in [3.63, 3.8) is 0 Å². The predicted molar refractivity (Wildman–Crippen MR) is 101 cm³/mol. The molecule has 27 heavy (non-hydrogen) atoms. The number of piperidine rings is 1. The number of nitrogens with zero attached hydrogens (tertiary/aromatic N) is 4. The summed E-state index contributed by atoms with van der Waals surface area (Å²) in [5, 5.41) is 0. The van der Waals surface area contributed by atoms with Gasteiger partial charge in [0.1, 0.15) is 5.82 Å². The van der Waals surface area contributed by atoms with Crippen molar-refractivity contribution in [2.45, 2.75) is 36.0 Å². The van der Waals surface area contributed by atoms with Crippen LogP contribution in [0, 0.1) is 5.82 Å². The highest BCUT2D eigenvalue weighted by atomic mass is 32.2. The highest BCUT2D eigenvalue weighted by Gasteiger charge is 2.46. The van der Waals surface area contributed by atoms with Gasteiger partial charge in [-0.3, -0.25) is 0 Å². The van der Waals surface area contributed by atoms with Gasteiger partial charge in [-0.2, -0.15) is 4.31 Å². The molecule has 1 aromatic heterocycles. The molecule has 0 radical (unpaired) electrons. The molecule has 0 N–H and O–H groups in total. The molecular weight excluding hydrogens is 367 g/mol. The molecule has 1 spiro atoms. The number of aryl methyl sites for hydroxylation is 1. The lowest BCUT2D eigenvalue weighted by Crippen LogP contribution is -2.47. The summed E-state index contributed by atoms with van der Waals surface area (Å²) in [6, 6.07) is 5.23. The van der Waals surface area contributed by atoms with Gasteiger partial charge in [0, 0.05) is 38.8 Å². The van der Waals surface area contributed by atoms with Gasteiger partial charge in [-0.1, -0.05) is 6.07 Å². The summed E-state index contributed by atoms with van der Waals surface area (Å²) in [4.78, 5) is 11.0. The van der Waals surface area contributed by atoms with Crippen LogP contribution in [0.15, 0.2) is 35.4 Å². The average Bonchev–Trinajstić information content (AvgIpc) is 2.99. The Balaban J connectivity index is 1.70. The van der Waals surface area contributed by atoms with Crippen LogP contribution in [0.1, 0.15) is 30.5 Å². The minimum atomic E-state index is -3.74. The highest BCUT2D eigenvalue weighted by molar-refractivity contribution is 7.89. The van der Waals surface area contributed by atoms with Gasteiger partial charge in [-0.25, -0.2) is 22.8 Å². The van der Waals surface area contributed by atoms with Gasteiger partial charge in [0.05, 0.1) is 10.6 Å².